The predicted octanol–water partition coefficient (Wildman–Crippen LogP) is 3.43. The third-order valence-corrected chi connectivity index (χ3v) is 5.48. The Labute approximate surface area is 164 Å². The van der Waals surface area contributed by atoms with Gasteiger partial charge in [-0.1, -0.05) is 36.4 Å². The summed E-state index contributed by atoms with van der Waals surface area (Å²) < 4.78 is 32.6. The lowest BCUT2D eigenvalue weighted by Crippen LogP contribution is -2.23. The first-order chi connectivity index (χ1) is 13.5. The second kappa shape index (κ2) is 8.58. The number of hydrogen-bond donors (Lipinski definition) is 2. The summed E-state index contributed by atoms with van der Waals surface area (Å²) >= 11 is 0. The summed E-state index contributed by atoms with van der Waals surface area (Å²) in [6.45, 7) is 0.304. The Hall–Kier alpha value is -3.32. The number of rotatable bonds is 7. The van der Waals surface area contributed by atoms with E-state index in [1.807, 2.05) is 24.3 Å². The van der Waals surface area contributed by atoms with Gasteiger partial charge in [0, 0.05) is 23.4 Å². The molecule has 0 aromatic heterocycles. The molecule has 0 fully saturated rings. The van der Waals surface area contributed by atoms with Crippen LogP contribution in [-0.4, -0.2) is 21.4 Å². The van der Waals surface area contributed by atoms with Crippen LogP contribution in [-0.2, 0) is 16.6 Å². The molecule has 0 radical (unpaired) electrons. The van der Waals surface area contributed by atoms with E-state index in [-0.39, 0.29) is 10.8 Å². The normalized spacial score (nSPS) is 10.9. The van der Waals surface area contributed by atoms with E-state index < -0.39 is 10.0 Å². The highest BCUT2D eigenvalue weighted by Gasteiger charge is 2.15. The van der Waals surface area contributed by atoms with Gasteiger partial charge in [-0.3, -0.25) is 9.52 Å². The maximum absolute atomic E-state index is 12.4. The van der Waals surface area contributed by atoms with Crippen LogP contribution in [0.5, 0.6) is 5.75 Å². The molecule has 1 amide bonds. The van der Waals surface area contributed by atoms with Crippen molar-refractivity contribution in [1.82, 2.24) is 5.32 Å². The number of amides is 1. The van der Waals surface area contributed by atoms with Gasteiger partial charge in [-0.25, -0.2) is 8.42 Å². The third-order valence-electron chi connectivity index (χ3n) is 4.08. The number of hydrogen-bond acceptors (Lipinski definition) is 4. The molecule has 3 rings (SSSR count). The van der Waals surface area contributed by atoms with Gasteiger partial charge in [0.15, 0.2) is 0 Å². The number of carbonyl (C=O) groups is 1. The second-order valence-electron chi connectivity index (χ2n) is 5.99. The maximum Gasteiger partial charge on any atom is 0.261 e. The Kier molecular flexibility index (Phi) is 5.96. The van der Waals surface area contributed by atoms with Crippen molar-refractivity contribution in [2.75, 3.05) is 11.8 Å². The molecule has 0 unspecified atom stereocenters. The highest BCUT2D eigenvalue weighted by molar-refractivity contribution is 7.92. The molecule has 0 spiro atoms. The zero-order valence-corrected chi connectivity index (χ0v) is 16.1. The molecule has 0 saturated heterocycles. The number of carbonyl (C=O) groups excluding carboxylic acids is 1. The number of ether oxygens (including phenoxy) is 1. The van der Waals surface area contributed by atoms with Gasteiger partial charge in [-0.05, 0) is 42.5 Å². The van der Waals surface area contributed by atoms with Gasteiger partial charge in [0.2, 0.25) is 0 Å². The van der Waals surface area contributed by atoms with Crippen molar-refractivity contribution >= 4 is 21.6 Å². The van der Waals surface area contributed by atoms with Crippen molar-refractivity contribution in [3.05, 3.63) is 90.0 Å². The molecule has 3 aromatic carbocycles. The fourth-order valence-corrected chi connectivity index (χ4v) is 3.69. The Morgan fingerprint density at radius 3 is 2.21 bits per heavy atom. The molecule has 6 nitrogen and oxygen atoms in total. The van der Waals surface area contributed by atoms with Crippen LogP contribution in [0, 0.1) is 0 Å². The van der Waals surface area contributed by atoms with Crippen molar-refractivity contribution in [2.24, 2.45) is 0 Å². The van der Waals surface area contributed by atoms with Crippen LogP contribution in [0.3, 0.4) is 0 Å². The molecule has 3 aromatic rings. The largest absolute Gasteiger partial charge is 0.496 e. The Bertz CT molecular complexity index is 1050. The van der Waals surface area contributed by atoms with E-state index in [0.717, 1.165) is 5.56 Å². The lowest BCUT2D eigenvalue weighted by molar-refractivity contribution is 0.0950. The first kappa shape index (κ1) is 19.4. The zero-order valence-electron chi connectivity index (χ0n) is 15.3. The first-order valence-corrected chi connectivity index (χ1v) is 10.1. The van der Waals surface area contributed by atoms with Crippen LogP contribution < -0.4 is 14.8 Å². The van der Waals surface area contributed by atoms with E-state index >= 15 is 0 Å². The lowest BCUT2D eigenvalue weighted by atomic mass is 10.2. The van der Waals surface area contributed by atoms with Crippen LogP contribution in [0.1, 0.15) is 15.9 Å². The smallest absolute Gasteiger partial charge is 0.261 e. The second-order valence-corrected chi connectivity index (χ2v) is 7.67. The van der Waals surface area contributed by atoms with E-state index in [1.54, 1.807) is 37.4 Å². The van der Waals surface area contributed by atoms with E-state index in [1.165, 1.54) is 24.3 Å². The molecule has 2 N–H and O–H groups in total. The fraction of sp³-hybridized carbons (Fsp3) is 0.0952. The van der Waals surface area contributed by atoms with Crippen LogP contribution in [0.25, 0.3) is 0 Å². The molecule has 0 bridgehead atoms. The van der Waals surface area contributed by atoms with Crippen molar-refractivity contribution < 1.29 is 17.9 Å². The first-order valence-electron chi connectivity index (χ1n) is 8.57. The number of sulfonamides is 1. The summed E-state index contributed by atoms with van der Waals surface area (Å²) in [6, 6.07) is 21.8. The minimum Gasteiger partial charge on any atom is -0.496 e. The van der Waals surface area contributed by atoms with Crippen molar-refractivity contribution in [3.63, 3.8) is 0 Å². The van der Waals surface area contributed by atoms with E-state index in [4.69, 9.17) is 4.74 Å². The summed E-state index contributed by atoms with van der Waals surface area (Å²) in [7, 11) is -2.15. The monoisotopic (exact) mass is 396 g/mol. The molecule has 0 aliphatic carbocycles. The average Bonchev–Trinajstić information content (AvgIpc) is 2.72. The Morgan fingerprint density at radius 1 is 0.893 bits per heavy atom. The molecular weight excluding hydrogens is 376 g/mol. The fourth-order valence-electron chi connectivity index (χ4n) is 2.63. The molecule has 0 heterocycles. The lowest BCUT2D eigenvalue weighted by Gasteiger charge is -2.10. The quantitative estimate of drug-likeness (QED) is 0.641. The van der Waals surface area contributed by atoms with Gasteiger partial charge in [0.25, 0.3) is 15.9 Å². The highest BCUT2D eigenvalue weighted by atomic mass is 32.2. The topological polar surface area (TPSA) is 84.5 Å². The van der Waals surface area contributed by atoms with Gasteiger partial charge < -0.3 is 10.1 Å². The number of benzene rings is 3. The number of para-hydroxylation sites is 2. The SMILES string of the molecule is COc1ccccc1CNC(=O)c1ccc(S(=O)(=O)Nc2ccccc2)cc1. The van der Waals surface area contributed by atoms with Crippen molar-refractivity contribution in [1.29, 1.82) is 0 Å². The summed E-state index contributed by atoms with van der Waals surface area (Å²) in [6.07, 6.45) is 0. The number of anilines is 1. The molecule has 144 valence electrons. The summed E-state index contributed by atoms with van der Waals surface area (Å²) in [5.41, 5.74) is 1.69. The van der Waals surface area contributed by atoms with E-state index in [2.05, 4.69) is 10.0 Å². The molecule has 0 saturated carbocycles. The standard InChI is InChI=1S/C21H20N2O4S/c1-27-20-10-6-5-7-17(20)15-22-21(24)16-11-13-19(14-12-16)28(25,26)23-18-8-3-2-4-9-18/h2-14,23H,15H2,1H3,(H,22,24). The van der Waals surface area contributed by atoms with Gasteiger partial charge in [-0.2, -0.15) is 0 Å². The number of nitrogens with one attached hydrogen (secondary N) is 2. The summed E-state index contributed by atoms with van der Waals surface area (Å²) in [4.78, 5) is 12.4. The third kappa shape index (κ3) is 4.69. The highest BCUT2D eigenvalue weighted by Crippen LogP contribution is 2.18. The maximum atomic E-state index is 12.4. The molecule has 0 atom stereocenters. The average molecular weight is 396 g/mol. The zero-order chi connectivity index (χ0) is 20.0. The van der Waals surface area contributed by atoms with Gasteiger partial charge in [0.1, 0.15) is 5.75 Å². The van der Waals surface area contributed by atoms with Crippen molar-refractivity contribution in [2.45, 2.75) is 11.4 Å². The summed E-state index contributed by atoms with van der Waals surface area (Å²) in [5.74, 6) is 0.391. The predicted molar refractivity (Wildman–Crippen MR) is 108 cm³/mol. The molecule has 28 heavy (non-hydrogen) atoms. The van der Waals surface area contributed by atoms with Crippen LogP contribution >= 0.6 is 0 Å². The summed E-state index contributed by atoms with van der Waals surface area (Å²) in [5, 5.41) is 2.80. The van der Waals surface area contributed by atoms with Crippen molar-refractivity contribution in [3.8, 4) is 5.75 Å². The number of methoxy groups -OCH3 is 1. The van der Waals surface area contributed by atoms with E-state index in [0.29, 0.717) is 23.5 Å². The van der Waals surface area contributed by atoms with Crippen LogP contribution in [0.4, 0.5) is 5.69 Å². The van der Waals surface area contributed by atoms with E-state index in [9.17, 15) is 13.2 Å². The Morgan fingerprint density at radius 2 is 1.54 bits per heavy atom. The van der Waals surface area contributed by atoms with Gasteiger partial charge in [0.05, 0.1) is 12.0 Å². The minimum atomic E-state index is -3.72. The minimum absolute atomic E-state index is 0.0811. The molecule has 0 aliphatic rings. The molecule has 7 heteroatoms. The Balaban J connectivity index is 1.67. The molecule has 0 aliphatic heterocycles. The van der Waals surface area contributed by atoms with Gasteiger partial charge >= 0.3 is 0 Å². The van der Waals surface area contributed by atoms with Crippen LogP contribution in [0.2, 0.25) is 0 Å². The van der Waals surface area contributed by atoms with Gasteiger partial charge in [-0.15, -0.1) is 0 Å². The molecular formula is C21H20N2O4S. The van der Waals surface area contributed by atoms with Crippen LogP contribution in [0.15, 0.2) is 83.8 Å².